The highest BCUT2D eigenvalue weighted by Crippen LogP contribution is 2.33. The van der Waals surface area contributed by atoms with Crippen molar-refractivity contribution >= 4 is 49.3 Å². The van der Waals surface area contributed by atoms with Crippen LogP contribution in [0.2, 0.25) is 0 Å². The first-order valence-corrected chi connectivity index (χ1v) is 10.7. The topological polar surface area (TPSA) is 84.3 Å². The molecule has 2 N–H and O–H groups in total. The van der Waals surface area contributed by atoms with Gasteiger partial charge in [-0.2, -0.15) is 0 Å². The van der Waals surface area contributed by atoms with Gasteiger partial charge in [0, 0.05) is 27.9 Å². The Balaban J connectivity index is 1.71. The monoisotopic (exact) mass is 453 g/mol. The van der Waals surface area contributed by atoms with Gasteiger partial charge in [-0.25, -0.2) is 14.2 Å². The highest BCUT2D eigenvalue weighted by Gasteiger charge is 2.11. The number of anilines is 2. The molecule has 0 aliphatic carbocycles. The summed E-state index contributed by atoms with van der Waals surface area (Å²) in [5.74, 6) is 2.11. The third kappa shape index (κ3) is 5.60. The van der Waals surface area contributed by atoms with E-state index in [1.807, 2.05) is 41.8 Å². The second-order valence-corrected chi connectivity index (χ2v) is 8.14. The van der Waals surface area contributed by atoms with Gasteiger partial charge >= 0.3 is 0 Å². The van der Waals surface area contributed by atoms with E-state index in [1.54, 1.807) is 6.20 Å². The summed E-state index contributed by atoms with van der Waals surface area (Å²) in [4.78, 5) is 8.87. The molecule has 3 aromatic rings. The molecule has 1 atom stereocenters. The third-order valence-corrected chi connectivity index (χ3v) is 5.20. The standard InChI is InChI=1S/C17H16BrN3O3S2/c18-12-9-15(24-14-6-2-1-3-7-14)16(19-10-12)21-17-20-13(11-25-17)5-4-8-26(22)23/h1-3,6-7,9-11H,4-5,8H2,(H,22,23)(H,19,20,21). The van der Waals surface area contributed by atoms with E-state index < -0.39 is 11.1 Å². The number of para-hydroxylation sites is 1. The molecule has 1 unspecified atom stereocenters. The maximum atomic E-state index is 10.7. The van der Waals surface area contributed by atoms with Gasteiger partial charge in [-0.3, -0.25) is 0 Å². The maximum absolute atomic E-state index is 10.7. The zero-order valence-corrected chi connectivity index (χ0v) is 16.8. The molecule has 0 fully saturated rings. The van der Waals surface area contributed by atoms with Gasteiger partial charge in [0.1, 0.15) is 5.75 Å². The van der Waals surface area contributed by atoms with Crippen LogP contribution in [0, 0.1) is 0 Å². The Morgan fingerprint density at radius 1 is 1.31 bits per heavy atom. The van der Waals surface area contributed by atoms with Gasteiger partial charge in [-0.05, 0) is 40.9 Å². The predicted molar refractivity (Wildman–Crippen MR) is 108 cm³/mol. The fourth-order valence-electron chi connectivity index (χ4n) is 2.17. The number of ether oxygens (including phenoxy) is 1. The SMILES string of the molecule is O=S(O)CCCc1csc(Nc2ncc(Br)cc2Oc2ccccc2)n1. The molecule has 0 saturated heterocycles. The molecule has 1 aromatic carbocycles. The lowest BCUT2D eigenvalue weighted by Gasteiger charge is -2.11. The smallest absolute Gasteiger partial charge is 0.188 e. The Kier molecular flexibility index (Phi) is 6.73. The van der Waals surface area contributed by atoms with Crippen molar-refractivity contribution in [1.82, 2.24) is 9.97 Å². The molecule has 0 bridgehead atoms. The summed E-state index contributed by atoms with van der Waals surface area (Å²) in [5.41, 5.74) is 0.880. The molecule has 0 amide bonds. The summed E-state index contributed by atoms with van der Waals surface area (Å²) >= 11 is 3.11. The zero-order valence-electron chi connectivity index (χ0n) is 13.6. The number of rotatable bonds is 8. The van der Waals surface area contributed by atoms with E-state index in [2.05, 4.69) is 31.2 Å². The highest BCUT2D eigenvalue weighted by molar-refractivity contribution is 9.10. The minimum absolute atomic E-state index is 0.254. The van der Waals surface area contributed by atoms with Crippen molar-refractivity contribution in [2.45, 2.75) is 12.8 Å². The van der Waals surface area contributed by atoms with Crippen LogP contribution in [-0.4, -0.2) is 24.5 Å². The quantitative estimate of drug-likeness (QED) is 0.467. The third-order valence-electron chi connectivity index (χ3n) is 3.32. The Hall–Kier alpha value is -1.81. The number of thiazole rings is 1. The van der Waals surface area contributed by atoms with E-state index in [4.69, 9.17) is 9.29 Å². The second kappa shape index (κ2) is 9.22. The Morgan fingerprint density at radius 2 is 2.12 bits per heavy atom. The van der Waals surface area contributed by atoms with Crippen LogP contribution in [0.1, 0.15) is 12.1 Å². The number of halogens is 1. The van der Waals surface area contributed by atoms with Crippen molar-refractivity contribution in [2.24, 2.45) is 0 Å². The number of hydrogen-bond donors (Lipinski definition) is 2. The normalized spacial score (nSPS) is 11.9. The summed E-state index contributed by atoms with van der Waals surface area (Å²) in [6.45, 7) is 0. The summed E-state index contributed by atoms with van der Waals surface area (Å²) in [6.07, 6.45) is 2.96. The van der Waals surface area contributed by atoms with Gasteiger partial charge < -0.3 is 14.6 Å². The summed E-state index contributed by atoms with van der Waals surface area (Å²) in [5, 5.41) is 5.80. The molecule has 2 heterocycles. The van der Waals surface area contributed by atoms with E-state index in [0.717, 1.165) is 10.2 Å². The lowest BCUT2D eigenvalue weighted by molar-refractivity contribution is 0.482. The van der Waals surface area contributed by atoms with Crippen LogP contribution in [0.25, 0.3) is 0 Å². The van der Waals surface area contributed by atoms with Gasteiger partial charge in [0.2, 0.25) is 0 Å². The van der Waals surface area contributed by atoms with Crippen LogP contribution in [-0.2, 0) is 17.5 Å². The molecule has 0 saturated carbocycles. The number of nitrogens with one attached hydrogen (secondary N) is 1. The maximum Gasteiger partial charge on any atom is 0.188 e. The van der Waals surface area contributed by atoms with Crippen molar-refractivity contribution in [3.63, 3.8) is 0 Å². The molecule has 9 heteroatoms. The van der Waals surface area contributed by atoms with Crippen molar-refractivity contribution in [3.05, 3.63) is 58.1 Å². The summed E-state index contributed by atoms with van der Waals surface area (Å²) in [6, 6.07) is 11.3. The van der Waals surface area contributed by atoms with Gasteiger partial charge in [-0.1, -0.05) is 18.2 Å². The molecular formula is C17H16BrN3O3S2. The van der Waals surface area contributed by atoms with Crippen LogP contribution in [0.3, 0.4) is 0 Å². The number of aryl methyl sites for hydroxylation is 1. The second-order valence-electron chi connectivity index (χ2n) is 5.31. The molecule has 136 valence electrons. The van der Waals surface area contributed by atoms with Crippen LogP contribution < -0.4 is 10.1 Å². The molecule has 0 spiro atoms. The van der Waals surface area contributed by atoms with Gasteiger partial charge in [0.25, 0.3) is 0 Å². The van der Waals surface area contributed by atoms with Gasteiger partial charge in [0.15, 0.2) is 27.8 Å². The highest BCUT2D eigenvalue weighted by atomic mass is 79.9. The Morgan fingerprint density at radius 3 is 2.88 bits per heavy atom. The average Bonchev–Trinajstić information content (AvgIpc) is 3.05. The van der Waals surface area contributed by atoms with Crippen molar-refractivity contribution in [2.75, 3.05) is 11.1 Å². The number of benzene rings is 1. The minimum atomic E-state index is -1.76. The summed E-state index contributed by atoms with van der Waals surface area (Å²) < 4.78 is 26.3. The molecule has 3 rings (SSSR count). The molecule has 6 nitrogen and oxygen atoms in total. The van der Waals surface area contributed by atoms with E-state index in [-0.39, 0.29) is 5.75 Å². The number of aromatic nitrogens is 2. The van der Waals surface area contributed by atoms with Crippen molar-refractivity contribution < 1.29 is 13.5 Å². The molecular weight excluding hydrogens is 438 g/mol. The molecule has 0 aliphatic heterocycles. The largest absolute Gasteiger partial charge is 0.453 e. The van der Waals surface area contributed by atoms with Crippen molar-refractivity contribution in [3.8, 4) is 11.5 Å². The predicted octanol–water partition coefficient (Wildman–Crippen LogP) is 4.99. The van der Waals surface area contributed by atoms with Crippen LogP contribution >= 0.6 is 27.3 Å². The van der Waals surface area contributed by atoms with Gasteiger partial charge in [-0.15, -0.1) is 11.3 Å². The first-order valence-electron chi connectivity index (χ1n) is 7.77. The van der Waals surface area contributed by atoms with E-state index in [9.17, 15) is 4.21 Å². The van der Waals surface area contributed by atoms with Gasteiger partial charge in [0.05, 0.1) is 5.69 Å². The fraction of sp³-hybridized carbons (Fsp3) is 0.176. The zero-order chi connectivity index (χ0) is 18.4. The van der Waals surface area contributed by atoms with Crippen molar-refractivity contribution in [1.29, 1.82) is 0 Å². The molecule has 26 heavy (non-hydrogen) atoms. The lowest BCUT2D eigenvalue weighted by Crippen LogP contribution is -1.99. The van der Waals surface area contributed by atoms with Crippen LogP contribution in [0.4, 0.5) is 10.9 Å². The molecule has 2 aromatic heterocycles. The Bertz CT molecular complexity index is 890. The van der Waals surface area contributed by atoms with E-state index in [1.165, 1.54) is 11.3 Å². The number of nitrogens with zero attached hydrogens (tertiary/aromatic N) is 2. The number of hydrogen-bond acceptors (Lipinski definition) is 6. The average molecular weight is 454 g/mol. The molecule has 0 radical (unpaired) electrons. The number of pyridine rings is 1. The summed E-state index contributed by atoms with van der Waals surface area (Å²) in [7, 11) is 0. The Labute approximate surface area is 166 Å². The lowest BCUT2D eigenvalue weighted by atomic mass is 10.3. The van der Waals surface area contributed by atoms with Crippen LogP contribution in [0.15, 0.2) is 52.4 Å². The van der Waals surface area contributed by atoms with E-state index >= 15 is 0 Å². The first-order chi connectivity index (χ1) is 12.6. The first kappa shape index (κ1) is 19.0. The van der Waals surface area contributed by atoms with E-state index in [0.29, 0.717) is 35.3 Å². The fourth-order valence-corrected chi connectivity index (χ4v) is 3.61. The minimum Gasteiger partial charge on any atom is -0.453 e. The molecule has 0 aliphatic rings. The van der Waals surface area contributed by atoms with Crippen LogP contribution in [0.5, 0.6) is 11.5 Å².